The Hall–Kier alpha value is -3.75. The Bertz CT molecular complexity index is 1060. The SMILES string of the molecule is CC(C)(C)OC(=O)NCCN(CCNC(=O)OC(C)(C)C)C(=O)OCC1c2ccccc2-c2ccccc21. The Kier molecular flexibility index (Phi) is 9.25. The Morgan fingerprint density at radius 1 is 0.737 bits per heavy atom. The standard InChI is InChI=1S/C29H39N3O6/c1-28(2,3)37-25(33)30-15-17-32(18-16-31-26(34)38-29(4,5)6)27(35)36-19-24-22-13-9-7-11-20(22)21-12-8-10-14-23(21)24/h7-14,24H,15-19H2,1-6H3,(H,30,33)(H,31,34). The van der Waals surface area contributed by atoms with Crippen LogP contribution in [0.15, 0.2) is 48.5 Å². The van der Waals surface area contributed by atoms with Gasteiger partial charge in [-0.1, -0.05) is 48.5 Å². The van der Waals surface area contributed by atoms with E-state index in [-0.39, 0.29) is 38.7 Å². The Morgan fingerprint density at radius 2 is 1.16 bits per heavy atom. The monoisotopic (exact) mass is 525 g/mol. The molecule has 0 spiro atoms. The van der Waals surface area contributed by atoms with E-state index in [4.69, 9.17) is 14.2 Å². The number of nitrogens with one attached hydrogen (secondary N) is 2. The molecule has 3 rings (SSSR count). The van der Waals surface area contributed by atoms with Crippen molar-refractivity contribution in [2.75, 3.05) is 32.8 Å². The normalized spacial score (nSPS) is 12.7. The van der Waals surface area contributed by atoms with Crippen LogP contribution in [0.25, 0.3) is 11.1 Å². The fourth-order valence-corrected chi connectivity index (χ4v) is 4.19. The molecule has 3 amide bonds. The molecule has 0 bridgehead atoms. The van der Waals surface area contributed by atoms with Crippen molar-refractivity contribution in [3.05, 3.63) is 59.7 Å². The Labute approximate surface area is 224 Å². The molecular formula is C29H39N3O6. The number of fused-ring (bicyclic) bond motifs is 3. The van der Waals surface area contributed by atoms with Crippen molar-refractivity contribution in [3.8, 4) is 11.1 Å². The Morgan fingerprint density at radius 3 is 1.58 bits per heavy atom. The molecule has 2 aromatic carbocycles. The maximum absolute atomic E-state index is 13.1. The van der Waals surface area contributed by atoms with Crippen molar-refractivity contribution in [3.63, 3.8) is 0 Å². The predicted octanol–water partition coefficient (Wildman–Crippen LogP) is 5.29. The lowest BCUT2D eigenvalue weighted by molar-refractivity contribution is 0.0512. The van der Waals surface area contributed by atoms with Crippen molar-refractivity contribution < 1.29 is 28.6 Å². The van der Waals surface area contributed by atoms with E-state index >= 15 is 0 Å². The van der Waals surface area contributed by atoms with Gasteiger partial charge in [-0.05, 0) is 63.8 Å². The van der Waals surface area contributed by atoms with E-state index in [0.717, 1.165) is 22.3 Å². The molecule has 1 aliphatic rings. The summed E-state index contributed by atoms with van der Waals surface area (Å²) in [5.74, 6) is -0.0759. The minimum atomic E-state index is -0.631. The molecule has 0 fully saturated rings. The van der Waals surface area contributed by atoms with Gasteiger partial charge in [-0.2, -0.15) is 0 Å². The second-order valence-electron chi connectivity index (χ2n) is 11.1. The molecule has 1 aliphatic carbocycles. The molecular weight excluding hydrogens is 486 g/mol. The number of amides is 3. The van der Waals surface area contributed by atoms with Crippen molar-refractivity contribution in [1.82, 2.24) is 15.5 Å². The van der Waals surface area contributed by atoms with Gasteiger partial charge in [-0.3, -0.25) is 0 Å². The van der Waals surface area contributed by atoms with Crippen LogP contribution in [0.3, 0.4) is 0 Å². The predicted molar refractivity (Wildman–Crippen MR) is 145 cm³/mol. The first kappa shape index (κ1) is 28.8. The van der Waals surface area contributed by atoms with Gasteiger partial charge in [0.1, 0.15) is 17.8 Å². The fraction of sp³-hybridized carbons (Fsp3) is 0.483. The summed E-state index contributed by atoms with van der Waals surface area (Å²) in [6, 6.07) is 16.2. The van der Waals surface area contributed by atoms with E-state index in [1.165, 1.54) is 4.90 Å². The molecule has 0 aliphatic heterocycles. The zero-order chi connectivity index (χ0) is 27.9. The number of alkyl carbamates (subject to hydrolysis) is 2. The molecule has 0 aromatic heterocycles. The van der Waals surface area contributed by atoms with E-state index in [0.29, 0.717) is 0 Å². The zero-order valence-corrected chi connectivity index (χ0v) is 23.1. The van der Waals surface area contributed by atoms with Gasteiger partial charge in [0, 0.05) is 32.1 Å². The van der Waals surface area contributed by atoms with Gasteiger partial charge in [-0.15, -0.1) is 0 Å². The lowest BCUT2D eigenvalue weighted by atomic mass is 9.98. The number of rotatable bonds is 8. The quantitative estimate of drug-likeness (QED) is 0.454. The van der Waals surface area contributed by atoms with Gasteiger partial charge >= 0.3 is 18.3 Å². The van der Waals surface area contributed by atoms with Crippen LogP contribution in [0.5, 0.6) is 0 Å². The van der Waals surface area contributed by atoms with Gasteiger partial charge in [0.25, 0.3) is 0 Å². The van der Waals surface area contributed by atoms with Crippen LogP contribution in [0.2, 0.25) is 0 Å². The van der Waals surface area contributed by atoms with Crippen LogP contribution in [0, 0.1) is 0 Å². The average Bonchev–Trinajstić information content (AvgIpc) is 3.13. The third kappa shape index (κ3) is 8.39. The maximum Gasteiger partial charge on any atom is 0.409 e. The third-order valence-electron chi connectivity index (χ3n) is 5.69. The zero-order valence-electron chi connectivity index (χ0n) is 23.1. The topological polar surface area (TPSA) is 106 Å². The number of carbonyl (C=O) groups is 3. The number of nitrogens with zero attached hydrogens (tertiary/aromatic N) is 1. The molecule has 206 valence electrons. The van der Waals surface area contributed by atoms with Crippen LogP contribution < -0.4 is 10.6 Å². The lowest BCUT2D eigenvalue weighted by Crippen LogP contribution is -2.44. The third-order valence-corrected chi connectivity index (χ3v) is 5.69. The van der Waals surface area contributed by atoms with E-state index in [1.807, 2.05) is 24.3 Å². The molecule has 38 heavy (non-hydrogen) atoms. The van der Waals surface area contributed by atoms with E-state index in [9.17, 15) is 14.4 Å². The first-order valence-corrected chi connectivity index (χ1v) is 12.9. The van der Waals surface area contributed by atoms with Crippen LogP contribution in [-0.2, 0) is 14.2 Å². The summed E-state index contributed by atoms with van der Waals surface area (Å²) in [6.45, 7) is 11.5. The van der Waals surface area contributed by atoms with Crippen LogP contribution >= 0.6 is 0 Å². The first-order valence-electron chi connectivity index (χ1n) is 12.9. The summed E-state index contributed by atoms with van der Waals surface area (Å²) in [5.41, 5.74) is 3.26. The molecule has 2 aromatic rings. The maximum atomic E-state index is 13.1. The number of hydrogen-bond acceptors (Lipinski definition) is 6. The van der Waals surface area contributed by atoms with Crippen molar-refractivity contribution in [2.45, 2.75) is 58.7 Å². The number of ether oxygens (including phenoxy) is 3. The minimum Gasteiger partial charge on any atom is -0.448 e. The van der Waals surface area contributed by atoms with Gasteiger partial charge in [0.2, 0.25) is 0 Å². The van der Waals surface area contributed by atoms with Crippen molar-refractivity contribution in [1.29, 1.82) is 0 Å². The lowest BCUT2D eigenvalue weighted by Gasteiger charge is -2.25. The summed E-state index contributed by atoms with van der Waals surface area (Å²) in [5, 5.41) is 5.31. The molecule has 9 nitrogen and oxygen atoms in total. The van der Waals surface area contributed by atoms with Crippen LogP contribution in [0.4, 0.5) is 14.4 Å². The highest BCUT2D eigenvalue weighted by atomic mass is 16.6. The van der Waals surface area contributed by atoms with E-state index in [1.54, 1.807) is 41.5 Å². The number of hydrogen-bond donors (Lipinski definition) is 2. The minimum absolute atomic E-state index is 0.0759. The fourth-order valence-electron chi connectivity index (χ4n) is 4.19. The van der Waals surface area contributed by atoms with Crippen molar-refractivity contribution >= 4 is 18.3 Å². The molecule has 0 radical (unpaired) electrons. The average molecular weight is 526 g/mol. The molecule has 0 saturated heterocycles. The summed E-state index contributed by atoms with van der Waals surface area (Å²) in [6.07, 6.45) is -1.68. The van der Waals surface area contributed by atoms with Crippen molar-refractivity contribution in [2.24, 2.45) is 0 Å². The molecule has 2 N–H and O–H groups in total. The second-order valence-corrected chi connectivity index (χ2v) is 11.1. The van der Waals surface area contributed by atoms with Gasteiger partial charge in [0.15, 0.2) is 0 Å². The molecule has 9 heteroatoms. The molecule has 0 saturated carbocycles. The largest absolute Gasteiger partial charge is 0.448 e. The summed E-state index contributed by atoms with van der Waals surface area (Å²) >= 11 is 0. The first-order chi connectivity index (χ1) is 17.8. The van der Waals surface area contributed by atoms with Gasteiger partial charge in [0.05, 0.1) is 0 Å². The smallest absolute Gasteiger partial charge is 0.409 e. The molecule has 0 unspecified atom stereocenters. The highest BCUT2D eigenvalue weighted by molar-refractivity contribution is 5.79. The summed E-state index contributed by atoms with van der Waals surface area (Å²) < 4.78 is 16.3. The number of carbonyl (C=O) groups excluding carboxylic acids is 3. The molecule has 0 heterocycles. The number of benzene rings is 2. The highest BCUT2D eigenvalue weighted by Gasteiger charge is 2.30. The molecule has 0 atom stereocenters. The van der Waals surface area contributed by atoms with Gasteiger partial charge in [-0.25, -0.2) is 14.4 Å². The summed E-state index contributed by atoms with van der Waals surface area (Å²) in [7, 11) is 0. The second kappa shape index (κ2) is 12.2. The Balaban J connectivity index is 1.62. The van der Waals surface area contributed by atoms with E-state index < -0.39 is 29.5 Å². The highest BCUT2D eigenvalue weighted by Crippen LogP contribution is 2.44. The van der Waals surface area contributed by atoms with Crippen LogP contribution in [-0.4, -0.2) is 67.2 Å². The van der Waals surface area contributed by atoms with Gasteiger partial charge < -0.3 is 29.7 Å². The van der Waals surface area contributed by atoms with E-state index in [2.05, 4.69) is 34.9 Å². The summed E-state index contributed by atoms with van der Waals surface area (Å²) in [4.78, 5) is 38.7. The van der Waals surface area contributed by atoms with Crippen LogP contribution in [0.1, 0.15) is 58.6 Å².